The summed E-state index contributed by atoms with van der Waals surface area (Å²) in [6.07, 6.45) is 4.12. The average Bonchev–Trinajstić information content (AvgIpc) is 2.35. The zero-order valence-electron chi connectivity index (χ0n) is 4.99. The number of hydrogen-bond donors (Lipinski definition) is 1. The van der Waals surface area contributed by atoms with E-state index in [-0.39, 0.29) is 6.10 Å². The number of aromatic nitrogens is 2. The standard InChI is InChI=1S/C6H8N2O/c9-5-1-3-8-4-2-7-6(5)8/h2,4-5,9H,1,3H2/t5-/m0/s1. The summed E-state index contributed by atoms with van der Waals surface area (Å²) in [4.78, 5) is 3.99. The minimum Gasteiger partial charge on any atom is -0.385 e. The molecular formula is C6H8N2O. The van der Waals surface area contributed by atoms with Crippen molar-refractivity contribution in [1.82, 2.24) is 9.55 Å². The molecule has 0 saturated heterocycles. The number of hydrogen-bond acceptors (Lipinski definition) is 2. The van der Waals surface area contributed by atoms with Gasteiger partial charge in [-0.1, -0.05) is 0 Å². The maximum atomic E-state index is 9.19. The number of imidazole rings is 1. The molecule has 0 amide bonds. The summed E-state index contributed by atoms with van der Waals surface area (Å²) in [5.74, 6) is 0.815. The van der Waals surface area contributed by atoms with Crippen LogP contribution in [0.15, 0.2) is 12.4 Å². The van der Waals surface area contributed by atoms with Crippen molar-refractivity contribution >= 4 is 0 Å². The van der Waals surface area contributed by atoms with Gasteiger partial charge in [-0.05, 0) is 6.42 Å². The van der Waals surface area contributed by atoms with Crippen molar-refractivity contribution in [2.75, 3.05) is 0 Å². The Morgan fingerprint density at radius 3 is 3.44 bits per heavy atom. The topological polar surface area (TPSA) is 38.0 Å². The van der Waals surface area contributed by atoms with E-state index in [1.807, 2.05) is 10.8 Å². The molecule has 0 aliphatic carbocycles. The Kier molecular flexibility index (Phi) is 0.873. The number of aliphatic hydroxyl groups is 1. The van der Waals surface area contributed by atoms with Crippen molar-refractivity contribution in [2.45, 2.75) is 19.1 Å². The fraction of sp³-hybridized carbons (Fsp3) is 0.500. The summed E-state index contributed by atoms with van der Waals surface area (Å²) in [6, 6.07) is 0. The first-order chi connectivity index (χ1) is 4.38. The highest BCUT2D eigenvalue weighted by molar-refractivity contribution is 5.00. The summed E-state index contributed by atoms with van der Waals surface area (Å²) >= 11 is 0. The number of aryl methyl sites for hydroxylation is 1. The average molecular weight is 124 g/mol. The molecule has 48 valence electrons. The van der Waals surface area contributed by atoms with Gasteiger partial charge in [0.25, 0.3) is 0 Å². The summed E-state index contributed by atoms with van der Waals surface area (Å²) in [5, 5.41) is 9.19. The van der Waals surface area contributed by atoms with Crippen LogP contribution in [0.1, 0.15) is 18.3 Å². The van der Waals surface area contributed by atoms with Crippen LogP contribution in [0.3, 0.4) is 0 Å². The van der Waals surface area contributed by atoms with Gasteiger partial charge in [0.05, 0.1) is 0 Å². The van der Waals surface area contributed by atoms with Gasteiger partial charge >= 0.3 is 0 Å². The zero-order chi connectivity index (χ0) is 6.27. The van der Waals surface area contributed by atoms with Gasteiger partial charge in [0.1, 0.15) is 11.9 Å². The van der Waals surface area contributed by atoms with Gasteiger partial charge in [0, 0.05) is 18.9 Å². The number of fused-ring (bicyclic) bond motifs is 1. The Hall–Kier alpha value is -0.830. The molecule has 0 bridgehead atoms. The second kappa shape index (κ2) is 1.57. The molecule has 1 aliphatic rings. The Morgan fingerprint density at radius 2 is 2.67 bits per heavy atom. The predicted molar refractivity (Wildman–Crippen MR) is 31.8 cm³/mol. The molecule has 9 heavy (non-hydrogen) atoms. The normalized spacial score (nSPS) is 24.3. The molecule has 1 aromatic heterocycles. The van der Waals surface area contributed by atoms with Crippen LogP contribution >= 0.6 is 0 Å². The van der Waals surface area contributed by atoms with Crippen LogP contribution in [0.25, 0.3) is 0 Å². The molecule has 0 fully saturated rings. The molecule has 0 unspecified atom stereocenters. The van der Waals surface area contributed by atoms with Crippen molar-refractivity contribution in [1.29, 1.82) is 0 Å². The maximum Gasteiger partial charge on any atom is 0.137 e. The monoisotopic (exact) mass is 124 g/mol. The molecule has 3 heteroatoms. The van der Waals surface area contributed by atoms with Crippen molar-refractivity contribution in [3.8, 4) is 0 Å². The third kappa shape index (κ3) is 0.580. The van der Waals surface area contributed by atoms with Crippen LogP contribution in [0.4, 0.5) is 0 Å². The molecule has 0 saturated carbocycles. The molecule has 1 aliphatic heterocycles. The van der Waals surface area contributed by atoms with E-state index in [4.69, 9.17) is 0 Å². The lowest BCUT2D eigenvalue weighted by Gasteiger charge is -1.94. The molecule has 0 radical (unpaired) electrons. The van der Waals surface area contributed by atoms with E-state index < -0.39 is 0 Å². The van der Waals surface area contributed by atoms with Crippen LogP contribution in [0.2, 0.25) is 0 Å². The Labute approximate surface area is 53.0 Å². The molecule has 1 N–H and O–H groups in total. The Bertz CT molecular complexity index is 219. The molecule has 0 aromatic carbocycles. The fourth-order valence-corrected chi connectivity index (χ4v) is 1.20. The van der Waals surface area contributed by atoms with Crippen LogP contribution < -0.4 is 0 Å². The lowest BCUT2D eigenvalue weighted by Crippen LogP contribution is -1.92. The largest absolute Gasteiger partial charge is 0.385 e. The highest BCUT2D eigenvalue weighted by Crippen LogP contribution is 2.22. The second-order valence-electron chi connectivity index (χ2n) is 2.28. The van der Waals surface area contributed by atoms with E-state index in [0.29, 0.717) is 0 Å². The first-order valence-electron chi connectivity index (χ1n) is 3.07. The number of nitrogens with zero attached hydrogens (tertiary/aromatic N) is 2. The zero-order valence-corrected chi connectivity index (χ0v) is 4.99. The summed E-state index contributed by atoms with van der Waals surface area (Å²) in [6.45, 7) is 0.913. The maximum absolute atomic E-state index is 9.19. The van der Waals surface area contributed by atoms with E-state index >= 15 is 0 Å². The molecule has 3 nitrogen and oxygen atoms in total. The van der Waals surface area contributed by atoms with Gasteiger partial charge in [-0.3, -0.25) is 0 Å². The van der Waals surface area contributed by atoms with E-state index in [0.717, 1.165) is 18.8 Å². The van der Waals surface area contributed by atoms with Crippen molar-refractivity contribution < 1.29 is 5.11 Å². The van der Waals surface area contributed by atoms with Crippen molar-refractivity contribution in [2.24, 2.45) is 0 Å². The third-order valence-corrected chi connectivity index (χ3v) is 1.69. The number of aliphatic hydroxyl groups excluding tert-OH is 1. The molecule has 2 heterocycles. The SMILES string of the molecule is O[C@H]1CCn2ccnc21. The summed E-state index contributed by atoms with van der Waals surface area (Å²) < 4.78 is 1.98. The van der Waals surface area contributed by atoms with Gasteiger partial charge in [-0.15, -0.1) is 0 Å². The van der Waals surface area contributed by atoms with Gasteiger partial charge < -0.3 is 9.67 Å². The highest BCUT2D eigenvalue weighted by Gasteiger charge is 2.19. The smallest absolute Gasteiger partial charge is 0.137 e. The van der Waals surface area contributed by atoms with Crippen molar-refractivity contribution in [3.05, 3.63) is 18.2 Å². The predicted octanol–water partition coefficient (Wildman–Crippen LogP) is 0.320. The van der Waals surface area contributed by atoms with Crippen LogP contribution in [0, 0.1) is 0 Å². The first-order valence-corrected chi connectivity index (χ1v) is 3.07. The summed E-state index contributed by atoms with van der Waals surface area (Å²) in [7, 11) is 0. The minimum absolute atomic E-state index is 0.319. The minimum atomic E-state index is -0.319. The second-order valence-corrected chi connectivity index (χ2v) is 2.28. The van der Waals surface area contributed by atoms with Crippen LogP contribution in [-0.2, 0) is 6.54 Å². The molecule has 0 spiro atoms. The van der Waals surface area contributed by atoms with Gasteiger partial charge in [-0.25, -0.2) is 4.98 Å². The Morgan fingerprint density at radius 1 is 1.78 bits per heavy atom. The lowest BCUT2D eigenvalue weighted by atomic mass is 10.3. The Balaban J connectivity index is 2.49. The van der Waals surface area contributed by atoms with E-state index in [1.165, 1.54) is 0 Å². The first kappa shape index (κ1) is 4.99. The lowest BCUT2D eigenvalue weighted by molar-refractivity contribution is 0.175. The van der Waals surface area contributed by atoms with E-state index in [1.54, 1.807) is 6.20 Å². The van der Waals surface area contributed by atoms with E-state index in [2.05, 4.69) is 4.98 Å². The highest BCUT2D eigenvalue weighted by atomic mass is 16.3. The van der Waals surface area contributed by atoms with Crippen LogP contribution in [-0.4, -0.2) is 14.7 Å². The molecule has 2 rings (SSSR count). The molecule has 1 atom stereocenters. The fourth-order valence-electron chi connectivity index (χ4n) is 1.20. The molecule has 1 aromatic rings. The van der Waals surface area contributed by atoms with E-state index in [9.17, 15) is 5.11 Å². The quantitative estimate of drug-likeness (QED) is 0.541. The summed E-state index contributed by atoms with van der Waals surface area (Å²) in [5.41, 5.74) is 0. The third-order valence-electron chi connectivity index (χ3n) is 1.69. The van der Waals surface area contributed by atoms with Gasteiger partial charge in [0.15, 0.2) is 0 Å². The van der Waals surface area contributed by atoms with Gasteiger partial charge in [-0.2, -0.15) is 0 Å². The molecular weight excluding hydrogens is 116 g/mol. The number of rotatable bonds is 0. The van der Waals surface area contributed by atoms with Gasteiger partial charge in [0.2, 0.25) is 0 Å². The van der Waals surface area contributed by atoms with Crippen molar-refractivity contribution in [3.63, 3.8) is 0 Å². The van der Waals surface area contributed by atoms with Crippen LogP contribution in [0.5, 0.6) is 0 Å².